The minimum Gasteiger partial charge on any atom is -0.399 e. The number of nitrogens with one attached hydrogen (secondary N) is 1. The number of ether oxygens (including phenoxy) is 1. The number of hydrogen-bond acceptors (Lipinski definition) is 4. The van der Waals surface area contributed by atoms with Crippen LogP contribution in [0, 0.1) is 6.92 Å². The molecule has 0 heterocycles. The molecular weight excluding hydrogens is 348 g/mol. The molecule has 0 aromatic heterocycles. The number of aryl methyl sites for hydroxylation is 1. The molecule has 0 saturated carbocycles. The fourth-order valence-corrected chi connectivity index (χ4v) is 3.85. The molecule has 0 aliphatic heterocycles. The van der Waals surface area contributed by atoms with Gasteiger partial charge in [0.15, 0.2) is 0 Å². The Morgan fingerprint density at radius 2 is 1.92 bits per heavy atom. The van der Waals surface area contributed by atoms with Crippen LogP contribution in [0.3, 0.4) is 0 Å². The van der Waals surface area contributed by atoms with Crippen molar-refractivity contribution in [2.45, 2.75) is 24.8 Å². The Hall–Kier alpha value is -1.60. The van der Waals surface area contributed by atoms with E-state index in [9.17, 15) is 8.42 Å². The lowest BCUT2D eigenvalue weighted by molar-refractivity contribution is 0.119. The van der Waals surface area contributed by atoms with Crippen molar-refractivity contribution < 1.29 is 13.2 Å². The maximum Gasteiger partial charge on any atom is 0.242 e. The molecule has 0 unspecified atom stereocenters. The summed E-state index contributed by atoms with van der Waals surface area (Å²) in [5.74, 6) is 0. The van der Waals surface area contributed by atoms with Crippen LogP contribution < -0.4 is 10.5 Å². The van der Waals surface area contributed by atoms with Crippen molar-refractivity contribution in [2.24, 2.45) is 0 Å². The first kappa shape index (κ1) is 18.7. The smallest absolute Gasteiger partial charge is 0.242 e. The molecule has 24 heavy (non-hydrogen) atoms. The van der Waals surface area contributed by atoms with Crippen LogP contribution >= 0.6 is 11.6 Å². The summed E-state index contributed by atoms with van der Waals surface area (Å²) in [6.45, 7) is 2.95. The van der Waals surface area contributed by atoms with Gasteiger partial charge >= 0.3 is 0 Å². The SMILES string of the molecule is Cc1cc(N)cc(S(=O)(=O)NCCCOCc2ccccc2)c1Cl. The third-order valence-corrected chi connectivity index (χ3v) is 5.50. The highest BCUT2D eigenvalue weighted by molar-refractivity contribution is 7.89. The van der Waals surface area contributed by atoms with Crippen molar-refractivity contribution in [1.82, 2.24) is 4.72 Å². The van der Waals surface area contributed by atoms with Crippen molar-refractivity contribution in [3.63, 3.8) is 0 Å². The summed E-state index contributed by atoms with van der Waals surface area (Å²) in [5.41, 5.74) is 7.78. The van der Waals surface area contributed by atoms with E-state index < -0.39 is 10.0 Å². The van der Waals surface area contributed by atoms with Crippen molar-refractivity contribution in [1.29, 1.82) is 0 Å². The molecule has 7 heteroatoms. The standard InChI is InChI=1S/C17H21ClN2O3S/c1-13-10-15(19)11-16(17(13)18)24(21,22)20-8-5-9-23-12-14-6-3-2-4-7-14/h2-4,6-7,10-11,20H,5,8-9,12,19H2,1H3. The second-order valence-corrected chi connectivity index (χ2v) is 7.55. The number of halogens is 1. The van der Waals surface area contributed by atoms with Crippen molar-refractivity contribution in [2.75, 3.05) is 18.9 Å². The fourth-order valence-electron chi connectivity index (χ4n) is 2.18. The summed E-state index contributed by atoms with van der Waals surface area (Å²) in [4.78, 5) is 0.00636. The Balaban J connectivity index is 1.81. The molecule has 130 valence electrons. The number of nitrogen functional groups attached to an aromatic ring is 1. The van der Waals surface area contributed by atoms with Crippen LogP contribution in [-0.2, 0) is 21.4 Å². The van der Waals surface area contributed by atoms with E-state index in [2.05, 4.69) is 4.72 Å². The summed E-state index contributed by atoms with van der Waals surface area (Å²) in [7, 11) is -3.69. The van der Waals surface area contributed by atoms with Crippen LogP contribution in [0.15, 0.2) is 47.4 Å². The lowest BCUT2D eigenvalue weighted by atomic mass is 10.2. The number of hydrogen-bond donors (Lipinski definition) is 2. The quantitative estimate of drug-likeness (QED) is 0.554. The van der Waals surface area contributed by atoms with Gasteiger partial charge in [0.05, 0.1) is 11.6 Å². The van der Waals surface area contributed by atoms with Gasteiger partial charge in [-0.2, -0.15) is 0 Å². The van der Waals surface area contributed by atoms with E-state index in [-0.39, 0.29) is 16.5 Å². The molecule has 2 aromatic rings. The van der Waals surface area contributed by atoms with Crippen molar-refractivity contribution in [3.8, 4) is 0 Å². The van der Waals surface area contributed by atoms with E-state index in [0.29, 0.717) is 30.9 Å². The molecule has 0 amide bonds. The van der Waals surface area contributed by atoms with E-state index in [1.165, 1.54) is 6.07 Å². The lowest BCUT2D eigenvalue weighted by Crippen LogP contribution is -2.26. The topological polar surface area (TPSA) is 81.4 Å². The minimum absolute atomic E-state index is 0.00636. The molecule has 0 fully saturated rings. The Kier molecular flexibility index (Phi) is 6.62. The van der Waals surface area contributed by atoms with Crippen LogP contribution in [-0.4, -0.2) is 21.6 Å². The molecule has 0 spiro atoms. The third kappa shape index (κ3) is 5.21. The van der Waals surface area contributed by atoms with Gasteiger partial charge in [-0.1, -0.05) is 41.9 Å². The Labute approximate surface area is 147 Å². The van der Waals surface area contributed by atoms with Gasteiger partial charge in [0, 0.05) is 18.8 Å². The zero-order chi connectivity index (χ0) is 17.6. The van der Waals surface area contributed by atoms with Crippen molar-refractivity contribution >= 4 is 27.3 Å². The highest BCUT2D eigenvalue weighted by atomic mass is 35.5. The van der Waals surface area contributed by atoms with Gasteiger partial charge in [0.25, 0.3) is 0 Å². The van der Waals surface area contributed by atoms with Gasteiger partial charge in [0.2, 0.25) is 10.0 Å². The van der Waals surface area contributed by atoms with E-state index in [1.807, 2.05) is 30.3 Å². The predicted octanol–water partition coefficient (Wildman–Crippen LogP) is 3.12. The molecule has 0 saturated heterocycles. The number of nitrogens with two attached hydrogens (primary N) is 1. The number of sulfonamides is 1. The van der Waals surface area contributed by atoms with Gasteiger partial charge in [-0.05, 0) is 36.6 Å². The zero-order valence-corrected chi connectivity index (χ0v) is 15.0. The van der Waals surface area contributed by atoms with E-state index in [4.69, 9.17) is 22.1 Å². The molecule has 0 bridgehead atoms. The molecule has 0 atom stereocenters. The predicted molar refractivity (Wildman–Crippen MR) is 96.5 cm³/mol. The number of rotatable bonds is 8. The maximum atomic E-state index is 12.3. The summed E-state index contributed by atoms with van der Waals surface area (Å²) in [6, 6.07) is 12.8. The summed E-state index contributed by atoms with van der Waals surface area (Å²) < 4.78 is 32.7. The van der Waals surface area contributed by atoms with Gasteiger partial charge in [-0.3, -0.25) is 0 Å². The molecule has 0 aliphatic rings. The van der Waals surface area contributed by atoms with Gasteiger partial charge < -0.3 is 10.5 Å². The minimum atomic E-state index is -3.69. The Morgan fingerprint density at radius 3 is 2.62 bits per heavy atom. The average molecular weight is 369 g/mol. The van der Waals surface area contributed by atoms with Crippen LogP contribution in [0.5, 0.6) is 0 Å². The molecule has 0 aliphatic carbocycles. The largest absolute Gasteiger partial charge is 0.399 e. The van der Waals surface area contributed by atoms with Crippen molar-refractivity contribution in [3.05, 3.63) is 58.6 Å². The molecule has 2 aromatic carbocycles. The summed E-state index contributed by atoms with van der Waals surface area (Å²) in [5, 5.41) is 0.192. The third-order valence-electron chi connectivity index (χ3n) is 3.40. The maximum absolute atomic E-state index is 12.3. The van der Waals surface area contributed by atoms with E-state index in [1.54, 1.807) is 13.0 Å². The fraction of sp³-hybridized carbons (Fsp3) is 0.294. The Bertz CT molecular complexity index is 780. The number of benzene rings is 2. The molecule has 3 N–H and O–H groups in total. The average Bonchev–Trinajstić information content (AvgIpc) is 2.55. The molecular formula is C17H21ClN2O3S. The van der Waals surface area contributed by atoms with Crippen LogP contribution in [0.1, 0.15) is 17.5 Å². The second-order valence-electron chi connectivity index (χ2n) is 5.44. The summed E-state index contributed by atoms with van der Waals surface area (Å²) in [6.07, 6.45) is 0.560. The highest BCUT2D eigenvalue weighted by Crippen LogP contribution is 2.27. The van der Waals surface area contributed by atoms with Gasteiger partial charge in [0.1, 0.15) is 4.90 Å². The van der Waals surface area contributed by atoms with Crippen LogP contribution in [0.2, 0.25) is 5.02 Å². The molecule has 0 radical (unpaired) electrons. The van der Waals surface area contributed by atoms with Gasteiger partial charge in [-0.15, -0.1) is 0 Å². The molecule has 2 rings (SSSR count). The lowest BCUT2D eigenvalue weighted by Gasteiger charge is -2.11. The van der Waals surface area contributed by atoms with E-state index in [0.717, 1.165) is 5.56 Å². The van der Waals surface area contributed by atoms with Crippen LogP contribution in [0.25, 0.3) is 0 Å². The number of anilines is 1. The molecule has 5 nitrogen and oxygen atoms in total. The normalized spacial score (nSPS) is 11.6. The summed E-state index contributed by atoms with van der Waals surface area (Å²) >= 11 is 6.08. The van der Waals surface area contributed by atoms with E-state index >= 15 is 0 Å². The first-order chi connectivity index (χ1) is 11.4. The first-order valence-electron chi connectivity index (χ1n) is 7.57. The zero-order valence-electron chi connectivity index (χ0n) is 13.5. The highest BCUT2D eigenvalue weighted by Gasteiger charge is 2.19. The Morgan fingerprint density at radius 1 is 1.21 bits per heavy atom. The monoisotopic (exact) mass is 368 g/mol. The van der Waals surface area contributed by atoms with Gasteiger partial charge in [-0.25, -0.2) is 13.1 Å². The first-order valence-corrected chi connectivity index (χ1v) is 9.43. The van der Waals surface area contributed by atoms with Crippen LogP contribution in [0.4, 0.5) is 5.69 Å². The second kappa shape index (κ2) is 8.48.